The lowest BCUT2D eigenvalue weighted by molar-refractivity contribution is -0.119. The Balaban J connectivity index is 3.21. The molecule has 0 saturated carbocycles. The quantitative estimate of drug-likeness (QED) is 0.444. The van der Waals surface area contributed by atoms with Gasteiger partial charge < -0.3 is 4.79 Å². The van der Waals surface area contributed by atoms with E-state index >= 15 is 0 Å². The summed E-state index contributed by atoms with van der Waals surface area (Å²) in [6.07, 6.45) is 2.48. The molecule has 0 unspecified atom stereocenters. The van der Waals surface area contributed by atoms with Crippen LogP contribution in [0.2, 0.25) is 0 Å². The minimum atomic E-state index is -0.187. The second-order valence-corrected chi connectivity index (χ2v) is 2.46. The highest BCUT2D eigenvalue weighted by Crippen LogP contribution is 2.00. The van der Waals surface area contributed by atoms with Crippen molar-refractivity contribution in [2.45, 2.75) is 32.6 Å². The molecule has 0 atom stereocenters. The highest BCUT2D eigenvalue weighted by molar-refractivity contribution is 5.80. The van der Waals surface area contributed by atoms with Gasteiger partial charge in [0.2, 0.25) is 5.91 Å². The van der Waals surface area contributed by atoms with Crippen molar-refractivity contribution in [2.75, 3.05) is 0 Å². The zero-order chi connectivity index (χ0) is 8.69. The maximum absolute atomic E-state index is 10.5. The van der Waals surface area contributed by atoms with Crippen molar-refractivity contribution in [1.82, 2.24) is 0 Å². The lowest BCUT2D eigenvalue weighted by atomic mass is 10.1. The Hall–Kier alpha value is -0.990. The van der Waals surface area contributed by atoms with Gasteiger partial charge in [-0.25, -0.2) is 4.99 Å². The Kier molecular flexibility index (Phi) is 5.25. The third-order valence-corrected chi connectivity index (χ3v) is 1.35. The van der Waals surface area contributed by atoms with Gasteiger partial charge in [-0.15, -0.1) is 0 Å². The van der Waals surface area contributed by atoms with E-state index in [0.717, 1.165) is 12.8 Å². The first-order valence-corrected chi connectivity index (χ1v) is 3.66. The molecule has 3 heteroatoms. The summed E-state index contributed by atoms with van der Waals surface area (Å²) in [4.78, 5) is 24.2. The lowest BCUT2D eigenvalue weighted by Crippen LogP contribution is -1.94. The van der Waals surface area contributed by atoms with Crippen LogP contribution in [0.3, 0.4) is 0 Å². The average molecular weight is 155 g/mol. The van der Waals surface area contributed by atoms with Crippen LogP contribution >= 0.6 is 0 Å². The summed E-state index contributed by atoms with van der Waals surface area (Å²) in [6, 6.07) is 0. The molecule has 62 valence electrons. The largest absolute Gasteiger partial charge is 0.300 e. The first-order chi connectivity index (χ1) is 5.16. The summed E-state index contributed by atoms with van der Waals surface area (Å²) >= 11 is 0. The third-order valence-electron chi connectivity index (χ3n) is 1.35. The summed E-state index contributed by atoms with van der Waals surface area (Å²) in [5.74, 6) is -0.0161. The maximum atomic E-state index is 10.5. The van der Waals surface area contributed by atoms with Crippen molar-refractivity contribution in [3.8, 4) is 0 Å². The predicted octanol–water partition coefficient (Wildman–Crippen LogP) is 1.36. The summed E-state index contributed by atoms with van der Waals surface area (Å²) in [5.41, 5.74) is 0. The lowest BCUT2D eigenvalue weighted by Gasteiger charge is -1.93. The normalized spacial score (nSPS) is 9.18. The van der Waals surface area contributed by atoms with E-state index in [1.807, 2.05) is 0 Å². The van der Waals surface area contributed by atoms with E-state index < -0.39 is 0 Å². The molecule has 0 aliphatic carbocycles. The maximum Gasteiger partial charge on any atom is 0.245 e. The fourth-order valence-electron chi connectivity index (χ4n) is 0.729. The van der Waals surface area contributed by atoms with Crippen LogP contribution < -0.4 is 0 Å². The highest BCUT2D eigenvalue weighted by atomic mass is 16.1. The topological polar surface area (TPSA) is 46.5 Å². The molecule has 11 heavy (non-hydrogen) atoms. The number of rotatable bonds is 5. The van der Waals surface area contributed by atoms with Gasteiger partial charge in [0.25, 0.3) is 0 Å². The molecule has 0 aromatic heterocycles. The second-order valence-electron chi connectivity index (χ2n) is 2.46. The van der Waals surface area contributed by atoms with Gasteiger partial charge in [-0.05, 0) is 26.5 Å². The van der Waals surface area contributed by atoms with Gasteiger partial charge in [-0.2, -0.15) is 0 Å². The molecule has 0 aromatic carbocycles. The smallest absolute Gasteiger partial charge is 0.245 e. The number of ketones is 1. The molecule has 0 bridgehead atoms. The van der Waals surface area contributed by atoms with E-state index in [1.54, 1.807) is 6.92 Å². The fourth-order valence-corrected chi connectivity index (χ4v) is 0.729. The van der Waals surface area contributed by atoms with Crippen LogP contribution in [-0.4, -0.2) is 18.4 Å². The van der Waals surface area contributed by atoms with Gasteiger partial charge in [0, 0.05) is 12.8 Å². The summed E-state index contributed by atoms with van der Waals surface area (Å²) in [5, 5.41) is 0. The number of aliphatic imine (C=N–C) groups is 1. The summed E-state index contributed by atoms with van der Waals surface area (Å²) in [7, 11) is 0. The van der Waals surface area contributed by atoms with Gasteiger partial charge >= 0.3 is 0 Å². The Morgan fingerprint density at radius 1 is 1.27 bits per heavy atom. The standard InChI is InChI=1S/C8H13NO2/c1-7(10)5-3-4-6-8(11)9-2/h2-6H2,1H3. The molecule has 3 nitrogen and oxygen atoms in total. The second kappa shape index (κ2) is 5.77. The molecule has 0 aliphatic rings. The Morgan fingerprint density at radius 3 is 2.27 bits per heavy atom. The zero-order valence-electron chi connectivity index (χ0n) is 6.80. The molecule has 0 N–H and O–H groups in total. The number of carbonyl (C=O) groups excluding carboxylic acids is 2. The summed E-state index contributed by atoms with van der Waals surface area (Å²) in [6.45, 7) is 4.66. The van der Waals surface area contributed by atoms with E-state index in [2.05, 4.69) is 11.7 Å². The van der Waals surface area contributed by atoms with Gasteiger partial charge in [0.1, 0.15) is 5.78 Å². The van der Waals surface area contributed by atoms with Crippen LogP contribution in [0, 0.1) is 0 Å². The van der Waals surface area contributed by atoms with Crippen LogP contribution in [0.5, 0.6) is 0 Å². The molecule has 0 saturated heterocycles. The van der Waals surface area contributed by atoms with Crippen molar-refractivity contribution < 1.29 is 9.59 Å². The number of hydrogen-bond acceptors (Lipinski definition) is 2. The van der Waals surface area contributed by atoms with Crippen LogP contribution in [0.4, 0.5) is 0 Å². The SMILES string of the molecule is C=NC(=O)CCCCC(C)=O. The predicted molar refractivity (Wildman–Crippen MR) is 43.7 cm³/mol. The Bertz CT molecular complexity index is 163. The van der Waals surface area contributed by atoms with Crippen LogP contribution in [0.1, 0.15) is 32.6 Å². The van der Waals surface area contributed by atoms with Crippen molar-refractivity contribution in [2.24, 2.45) is 4.99 Å². The first kappa shape index (κ1) is 10.0. The molecular weight excluding hydrogens is 142 g/mol. The van der Waals surface area contributed by atoms with Crippen LogP contribution in [0.25, 0.3) is 0 Å². The Morgan fingerprint density at radius 2 is 1.82 bits per heavy atom. The molecule has 0 rings (SSSR count). The average Bonchev–Trinajstić information content (AvgIpc) is 1.97. The molecule has 1 amide bonds. The van der Waals surface area contributed by atoms with E-state index in [1.165, 1.54) is 0 Å². The van der Waals surface area contributed by atoms with Crippen molar-refractivity contribution in [3.05, 3.63) is 0 Å². The summed E-state index contributed by atoms with van der Waals surface area (Å²) < 4.78 is 0. The van der Waals surface area contributed by atoms with Crippen LogP contribution in [0.15, 0.2) is 4.99 Å². The zero-order valence-corrected chi connectivity index (χ0v) is 6.80. The minimum absolute atomic E-state index is 0.170. The number of carbonyl (C=O) groups is 2. The van der Waals surface area contributed by atoms with Crippen molar-refractivity contribution in [3.63, 3.8) is 0 Å². The molecule has 0 radical (unpaired) electrons. The van der Waals surface area contributed by atoms with E-state index in [-0.39, 0.29) is 11.7 Å². The van der Waals surface area contributed by atoms with E-state index in [0.29, 0.717) is 12.8 Å². The molecule has 0 fully saturated rings. The van der Waals surface area contributed by atoms with Gasteiger partial charge in [0.15, 0.2) is 0 Å². The highest BCUT2D eigenvalue weighted by Gasteiger charge is 1.97. The van der Waals surface area contributed by atoms with Gasteiger partial charge in [0.05, 0.1) is 0 Å². The fraction of sp³-hybridized carbons (Fsp3) is 0.625. The molecule has 0 aliphatic heterocycles. The number of nitrogens with zero attached hydrogens (tertiary/aromatic N) is 1. The van der Waals surface area contributed by atoms with Crippen LogP contribution in [-0.2, 0) is 9.59 Å². The number of amides is 1. The van der Waals surface area contributed by atoms with E-state index in [4.69, 9.17) is 0 Å². The molecular formula is C8H13NO2. The molecule has 0 spiro atoms. The monoisotopic (exact) mass is 155 g/mol. The first-order valence-electron chi connectivity index (χ1n) is 3.66. The molecule has 0 aromatic rings. The van der Waals surface area contributed by atoms with Crippen molar-refractivity contribution in [1.29, 1.82) is 0 Å². The Labute approximate surface area is 66.5 Å². The number of Topliss-reactive ketones (excluding diaryl/α,β-unsaturated/α-hetero) is 1. The molecule has 0 heterocycles. The van der Waals surface area contributed by atoms with E-state index in [9.17, 15) is 9.59 Å². The van der Waals surface area contributed by atoms with Gasteiger partial charge in [-0.1, -0.05) is 0 Å². The van der Waals surface area contributed by atoms with Gasteiger partial charge in [-0.3, -0.25) is 4.79 Å². The number of hydrogen-bond donors (Lipinski definition) is 0. The third kappa shape index (κ3) is 6.90. The number of unbranched alkanes of at least 4 members (excludes halogenated alkanes) is 1. The van der Waals surface area contributed by atoms with Crippen molar-refractivity contribution >= 4 is 18.4 Å². The minimum Gasteiger partial charge on any atom is -0.300 e.